The van der Waals surface area contributed by atoms with Gasteiger partial charge in [-0.2, -0.15) is 0 Å². The van der Waals surface area contributed by atoms with Crippen molar-refractivity contribution in [2.24, 2.45) is 4.40 Å². The fourth-order valence-electron chi connectivity index (χ4n) is 0.103. The summed E-state index contributed by atoms with van der Waals surface area (Å²) in [4.78, 5) is 0. The molecule has 0 aliphatic rings. The van der Waals surface area contributed by atoms with Crippen LogP contribution in [-0.4, -0.2) is 9.12 Å². The normalized spacial score (nSPS) is 11.6. The van der Waals surface area contributed by atoms with Gasteiger partial charge in [-0.25, -0.2) is 4.40 Å². The Morgan fingerprint density at radius 2 is 2.38 bits per heavy atom. The zero-order valence-corrected chi connectivity index (χ0v) is 7.27. The summed E-state index contributed by atoms with van der Waals surface area (Å²) in [5.74, 6) is 0. The van der Waals surface area contributed by atoms with E-state index in [9.17, 15) is 0 Å². The molecule has 0 spiro atoms. The highest BCUT2D eigenvalue weighted by Gasteiger charge is 1.86. The summed E-state index contributed by atoms with van der Waals surface area (Å²) in [6.45, 7) is 1.77. The minimum absolute atomic E-state index is 0.0243. The van der Waals surface area contributed by atoms with E-state index in [0.29, 0.717) is 0 Å². The van der Waals surface area contributed by atoms with Gasteiger partial charge in [0.05, 0.1) is 4.62 Å². The molecule has 0 aromatic rings. The van der Waals surface area contributed by atoms with E-state index in [2.05, 4.69) is 20.3 Å². The van der Waals surface area contributed by atoms with E-state index in [-0.39, 0.29) is 4.50 Å². The molecule has 0 unspecified atom stereocenters. The smallest absolute Gasteiger partial charge is 0.177 e. The second-order valence-electron chi connectivity index (χ2n) is 0.953. The van der Waals surface area contributed by atoms with Gasteiger partial charge in [0.25, 0.3) is 0 Å². The zero-order chi connectivity index (χ0) is 6.57. The largest absolute Gasteiger partial charge is 0.282 e. The number of hydrogen-bond donors (Lipinski definition) is 1. The van der Waals surface area contributed by atoms with Gasteiger partial charge in [-0.05, 0) is 22.9 Å². The van der Waals surface area contributed by atoms with Gasteiger partial charge in [0, 0.05) is 11.9 Å². The van der Waals surface area contributed by atoms with Gasteiger partial charge in [0.15, 0.2) is 4.50 Å². The average Bonchev–Trinajstić information content (AvgIpc) is 1.61. The fourth-order valence-corrected chi connectivity index (χ4v) is 0.630. The molecular weight excluding hydrogens is 211 g/mol. The van der Waals surface area contributed by atoms with E-state index in [1.807, 2.05) is 0 Å². The average molecular weight is 216 g/mol. The number of rotatable bonds is 1. The molecule has 0 radical (unpaired) electrons. The van der Waals surface area contributed by atoms with E-state index in [0.717, 1.165) is 16.6 Å². The first-order valence-corrected chi connectivity index (χ1v) is 3.68. The van der Waals surface area contributed by atoms with Crippen LogP contribution in [0.25, 0.3) is 0 Å². The van der Waals surface area contributed by atoms with Gasteiger partial charge in [-0.1, -0.05) is 11.6 Å². The molecule has 0 saturated heterocycles. The maximum Gasteiger partial charge on any atom is 0.177 e. The Morgan fingerprint density at radius 1 is 1.88 bits per heavy atom. The van der Waals surface area contributed by atoms with Gasteiger partial charge in [-0.3, -0.25) is 5.41 Å². The van der Waals surface area contributed by atoms with Crippen LogP contribution >= 0.6 is 39.5 Å². The van der Waals surface area contributed by atoms with Crippen molar-refractivity contribution in [3.63, 3.8) is 0 Å². The number of nitrogens with one attached hydrogen (secondary N) is 1. The maximum absolute atomic E-state index is 6.69. The Labute approximate surface area is 65.5 Å². The quantitative estimate of drug-likeness (QED) is 0.407. The number of halogens is 2. The summed E-state index contributed by atoms with van der Waals surface area (Å²) >= 11 is 9.15. The van der Waals surface area contributed by atoms with Crippen LogP contribution in [-0.2, 0) is 0 Å². The molecule has 0 aliphatic carbocycles. The van der Waals surface area contributed by atoms with Crippen molar-refractivity contribution in [1.82, 2.24) is 0 Å². The predicted molar refractivity (Wildman–Crippen MR) is 43.2 cm³/mol. The first kappa shape index (κ1) is 8.46. The highest BCUT2D eigenvalue weighted by molar-refractivity contribution is 9.18. The van der Waals surface area contributed by atoms with Crippen molar-refractivity contribution < 1.29 is 0 Å². The molecule has 8 heavy (non-hydrogen) atoms. The fraction of sp³-hybridized carbons (Fsp3) is 0.333. The Morgan fingerprint density at radius 3 is 2.50 bits per heavy atom. The van der Waals surface area contributed by atoms with Gasteiger partial charge in [0.2, 0.25) is 0 Å². The molecule has 0 bridgehead atoms. The molecular formula is C3H4BrClN2S. The number of nitrogens with zero attached hydrogens (tertiary/aromatic N) is 1. The lowest BCUT2D eigenvalue weighted by Gasteiger charge is -1.83. The minimum atomic E-state index is -0.0243. The predicted octanol–water partition coefficient (Wildman–Crippen LogP) is 2.62. The van der Waals surface area contributed by atoms with E-state index in [1.165, 1.54) is 0 Å². The summed E-state index contributed by atoms with van der Waals surface area (Å²) < 4.78 is 4.42. The number of hydrogen-bond acceptors (Lipinski definition) is 3. The summed E-state index contributed by atoms with van der Waals surface area (Å²) in [5, 5.41) is 6.69. The van der Waals surface area contributed by atoms with Crippen LogP contribution in [0.2, 0.25) is 0 Å². The second kappa shape index (κ2) is 4.35. The first-order chi connectivity index (χ1) is 3.63. The van der Waals surface area contributed by atoms with Gasteiger partial charge in [0.1, 0.15) is 0 Å². The molecule has 46 valence electrons. The molecule has 0 aliphatic heterocycles. The topological polar surface area (TPSA) is 36.2 Å². The molecule has 1 N–H and O–H groups in total. The molecule has 0 aromatic carbocycles. The lowest BCUT2D eigenvalue weighted by Crippen LogP contribution is -1.72. The van der Waals surface area contributed by atoms with E-state index in [1.54, 1.807) is 6.92 Å². The summed E-state index contributed by atoms with van der Waals surface area (Å²) in [6.07, 6.45) is 0. The van der Waals surface area contributed by atoms with E-state index < -0.39 is 0 Å². The van der Waals surface area contributed by atoms with Crippen LogP contribution in [0.5, 0.6) is 0 Å². The zero-order valence-electron chi connectivity index (χ0n) is 4.11. The molecule has 5 heteroatoms. The third-order valence-corrected chi connectivity index (χ3v) is 1.40. The SMILES string of the molecule is C/C(Br)=N\SC(=N)Cl. The van der Waals surface area contributed by atoms with Gasteiger partial charge in [-0.15, -0.1) is 0 Å². The minimum Gasteiger partial charge on any atom is -0.282 e. The summed E-state index contributed by atoms with van der Waals surface area (Å²) in [7, 11) is 0. The molecule has 0 heterocycles. The monoisotopic (exact) mass is 214 g/mol. The van der Waals surface area contributed by atoms with Gasteiger partial charge >= 0.3 is 0 Å². The third kappa shape index (κ3) is 6.46. The van der Waals surface area contributed by atoms with Crippen LogP contribution in [0.1, 0.15) is 6.92 Å². The lowest BCUT2D eigenvalue weighted by molar-refractivity contribution is 1.59. The molecule has 0 aromatic heterocycles. The van der Waals surface area contributed by atoms with Gasteiger partial charge < -0.3 is 0 Å². The second-order valence-corrected chi connectivity index (χ2v) is 3.48. The Bertz CT molecular complexity index is 120. The summed E-state index contributed by atoms with van der Waals surface area (Å²) in [5.41, 5.74) is 0. The lowest BCUT2D eigenvalue weighted by atomic mass is 10.9. The van der Waals surface area contributed by atoms with Crippen LogP contribution in [0.15, 0.2) is 4.40 Å². The first-order valence-electron chi connectivity index (χ1n) is 1.74. The summed E-state index contributed by atoms with van der Waals surface area (Å²) in [6, 6.07) is 0. The van der Waals surface area contributed by atoms with Crippen molar-refractivity contribution in [2.45, 2.75) is 6.92 Å². The third-order valence-electron chi connectivity index (χ3n) is 0.252. The highest BCUT2D eigenvalue weighted by Crippen LogP contribution is 2.08. The standard InChI is InChI=1S/C3H4BrClN2S/c1-2(4)7-8-3(5)6/h6H,1H3/b6-3?,7-2+. The van der Waals surface area contributed by atoms with Crippen molar-refractivity contribution >= 4 is 48.6 Å². The molecule has 2 nitrogen and oxygen atoms in total. The van der Waals surface area contributed by atoms with Crippen LogP contribution < -0.4 is 0 Å². The van der Waals surface area contributed by atoms with E-state index >= 15 is 0 Å². The molecule has 0 atom stereocenters. The van der Waals surface area contributed by atoms with Crippen LogP contribution in [0.3, 0.4) is 0 Å². The van der Waals surface area contributed by atoms with Crippen molar-refractivity contribution in [2.75, 3.05) is 0 Å². The van der Waals surface area contributed by atoms with E-state index in [4.69, 9.17) is 17.0 Å². The molecule has 0 fully saturated rings. The molecule has 0 amide bonds. The molecule has 0 saturated carbocycles. The van der Waals surface area contributed by atoms with Crippen LogP contribution in [0.4, 0.5) is 0 Å². The Hall–Kier alpha value is 0.460. The molecule has 0 rings (SSSR count). The maximum atomic E-state index is 6.69. The van der Waals surface area contributed by atoms with Crippen molar-refractivity contribution in [3.05, 3.63) is 0 Å². The van der Waals surface area contributed by atoms with Crippen LogP contribution in [0, 0.1) is 5.41 Å². The highest BCUT2D eigenvalue weighted by atomic mass is 79.9. The Kier molecular flexibility index (Phi) is 4.60. The van der Waals surface area contributed by atoms with Crippen molar-refractivity contribution in [1.29, 1.82) is 5.41 Å². The van der Waals surface area contributed by atoms with Crippen molar-refractivity contribution in [3.8, 4) is 0 Å². The Balaban J connectivity index is 3.45.